The van der Waals surface area contributed by atoms with Crippen LogP contribution in [0.3, 0.4) is 0 Å². The molecule has 0 radical (unpaired) electrons. The summed E-state index contributed by atoms with van der Waals surface area (Å²) in [7, 11) is 0.262. The van der Waals surface area contributed by atoms with Crippen molar-refractivity contribution < 1.29 is 22.7 Å². The van der Waals surface area contributed by atoms with Crippen LogP contribution in [0.15, 0.2) is 48.5 Å². The van der Waals surface area contributed by atoms with Gasteiger partial charge in [0.2, 0.25) is 10.0 Å². The molecule has 0 bridgehead atoms. The van der Waals surface area contributed by atoms with E-state index >= 15 is 0 Å². The van der Waals surface area contributed by atoms with Crippen LogP contribution >= 0.6 is 0 Å². The number of hydrogen-bond donors (Lipinski definition) is 1. The second-order valence-electron chi connectivity index (χ2n) is 8.37. The number of amides is 1. The van der Waals surface area contributed by atoms with Gasteiger partial charge in [-0.05, 0) is 74.8 Å². The minimum absolute atomic E-state index is 0.225. The van der Waals surface area contributed by atoms with Crippen LogP contribution in [-0.2, 0) is 14.8 Å². The topological polar surface area (TPSA) is 88.2 Å². The third kappa shape index (κ3) is 7.10. The normalized spacial score (nSPS) is 16.1. The van der Waals surface area contributed by atoms with Crippen LogP contribution in [0.25, 0.3) is 0 Å². The Hall–Kier alpha value is -2.78. The summed E-state index contributed by atoms with van der Waals surface area (Å²) in [5.41, 5.74) is 1.19. The number of ether oxygens (including phenoxy) is 2. The average molecular weight is 476 g/mol. The Morgan fingerprint density at radius 1 is 1.09 bits per heavy atom. The number of piperidine rings is 1. The van der Waals surface area contributed by atoms with E-state index in [1.807, 2.05) is 31.2 Å². The minimum atomic E-state index is -3.34. The molecule has 180 valence electrons. The predicted octanol–water partition coefficient (Wildman–Crippen LogP) is 3.35. The van der Waals surface area contributed by atoms with Crippen molar-refractivity contribution in [3.8, 4) is 11.5 Å². The number of anilines is 2. The summed E-state index contributed by atoms with van der Waals surface area (Å²) in [5, 5.41) is 2.89. The van der Waals surface area contributed by atoms with Crippen LogP contribution in [0.2, 0.25) is 0 Å². The van der Waals surface area contributed by atoms with Crippen LogP contribution < -0.4 is 19.1 Å². The molecule has 0 spiro atoms. The van der Waals surface area contributed by atoms with E-state index < -0.39 is 16.1 Å². The number of carbonyl (C=O) groups is 1. The number of sulfonamides is 1. The predicted molar refractivity (Wildman–Crippen MR) is 131 cm³/mol. The molecule has 1 fully saturated rings. The lowest BCUT2D eigenvalue weighted by atomic mass is 10.1. The zero-order valence-corrected chi connectivity index (χ0v) is 20.5. The van der Waals surface area contributed by atoms with Crippen molar-refractivity contribution in [3.63, 3.8) is 0 Å². The second kappa shape index (κ2) is 10.9. The quantitative estimate of drug-likeness (QED) is 0.598. The first-order valence-electron chi connectivity index (χ1n) is 11.1. The van der Waals surface area contributed by atoms with Crippen molar-refractivity contribution in [3.05, 3.63) is 48.5 Å². The number of nitrogens with one attached hydrogen (secondary N) is 1. The molecule has 3 rings (SSSR count). The van der Waals surface area contributed by atoms with Gasteiger partial charge < -0.3 is 19.7 Å². The lowest BCUT2D eigenvalue weighted by molar-refractivity contribution is -0.122. The molecule has 1 aliphatic heterocycles. The number of rotatable bonds is 9. The van der Waals surface area contributed by atoms with Gasteiger partial charge in [-0.1, -0.05) is 6.92 Å². The second-order valence-corrected chi connectivity index (χ2v) is 10.4. The fourth-order valence-electron chi connectivity index (χ4n) is 3.55. The van der Waals surface area contributed by atoms with E-state index in [1.165, 1.54) is 11.4 Å². The van der Waals surface area contributed by atoms with Gasteiger partial charge in [0.1, 0.15) is 17.6 Å². The first-order chi connectivity index (χ1) is 15.7. The van der Waals surface area contributed by atoms with Gasteiger partial charge in [0.25, 0.3) is 5.91 Å². The van der Waals surface area contributed by atoms with Gasteiger partial charge >= 0.3 is 0 Å². The highest BCUT2D eigenvalue weighted by atomic mass is 32.2. The smallest absolute Gasteiger partial charge is 0.265 e. The molecule has 1 saturated heterocycles. The zero-order chi connectivity index (χ0) is 24.0. The molecule has 2 aromatic carbocycles. The number of hydrogen-bond acceptors (Lipinski definition) is 6. The highest BCUT2D eigenvalue weighted by Crippen LogP contribution is 2.23. The average Bonchev–Trinajstić information content (AvgIpc) is 2.79. The van der Waals surface area contributed by atoms with Crippen LogP contribution in [0.4, 0.5) is 11.4 Å². The Morgan fingerprint density at radius 2 is 1.67 bits per heavy atom. The first-order valence-corrected chi connectivity index (χ1v) is 13.0. The van der Waals surface area contributed by atoms with E-state index in [4.69, 9.17) is 9.47 Å². The summed E-state index contributed by atoms with van der Waals surface area (Å²) in [4.78, 5) is 15.0. The highest BCUT2D eigenvalue weighted by molar-refractivity contribution is 7.92. The van der Waals surface area contributed by atoms with Crippen LogP contribution in [0.5, 0.6) is 11.5 Å². The Morgan fingerprint density at radius 3 is 2.21 bits per heavy atom. The van der Waals surface area contributed by atoms with Gasteiger partial charge in [-0.15, -0.1) is 0 Å². The molecule has 1 N–H and O–H groups in total. The van der Waals surface area contributed by atoms with Crippen molar-refractivity contribution in [2.75, 3.05) is 43.1 Å². The van der Waals surface area contributed by atoms with Gasteiger partial charge in [0.05, 0.1) is 11.9 Å². The standard InChI is InChI=1S/C24H33N3O5S/c1-5-23(32-21-12-8-19(9-13-21)27(3)33(4,29)30)24(28)25-18-6-10-20(11-7-18)31-22-14-16-26(2)17-15-22/h6-13,22-23H,5,14-17H2,1-4H3,(H,25,28)/t23-/m1/s1. The molecule has 33 heavy (non-hydrogen) atoms. The lowest BCUT2D eigenvalue weighted by Gasteiger charge is -2.29. The van der Waals surface area contributed by atoms with E-state index in [0.29, 0.717) is 23.5 Å². The molecule has 1 amide bonds. The monoisotopic (exact) mass is 475 g/mol. The van der Waals surface area contributed by atoms with E-state index in [-0.39, 0.29) is 12.0 Å². The summed E-state index contributed by atoms with van der Waals surface area (Å²) in [6, 6.07) is 14.0. The Balaban J connectivity index is 1.55. The molecule has 0 aliphatic carbocycles. The fourth-order valence-corrected chi connectivity index (χ4v) is 4.05. The molecule has 1 aliphatic rings. The summed E-state index contributed by atoms with van der Waals surface area (Å²) < 4.78 is 36.4. The number of nitrogens with zero attached hydrogens (tertiary/aromatic N) is 2. The third-order valence-corrected chi connectivity index (χ3v) is 6.94. The van der Waals surface area contributed by atoms with Crippen molar-refractivity contribution in [2.45, 2.75) is 38.4 Å². The van der Waals surface area contributed by atoms with E-state index in [9.17, 15) is 13.2 Å². The molecule has 1 atom stereocenters. The van der Waals surface area contributed by atoms with E-state index in [2.05, 4.69) is 17.3 Å². The molecular formula is C24H33N3O5S. The Bertz CT molecular complexity index is 1020. The van der Waals surface area contributed by atoms with Gasteiger partial charge in [0, 0.05) is 25.8 Å². The maximum absolute atomic E-state index is 12.7. The van der Waals surface area contributed by atoms with Crippen LogP contribution in [0, 0.1) is 0 Å². The molecule has 8 nitrogen and oxygen atoms in total. The molecule has 0 saturated carbocycles. The summed E-state index contributed by atoms with van der Waals surface area (Å²) in [5.74, 6) is 1.04. The van der Waals surface area contributed by atoms with Crippen molar-refractivity contribution >= 4 is 27.3 Å². The molecule has 9 heteroatoms. The summed E-state index contributed by atoms with van der Waals surface area (Å²) in [6.45, 7) is 3.94. The van der Waals surface area contributed by atoms with E-state index in [0.717, 1.165) is 37.9 Å². The van der Waals surface area contributed by atoms with Crippen molar-refractivity contribution in [2.24, 2.45) is 0 Å². The Labute approximate surface area is 196 Å². The van der Waals surface area contributed by atoms with Gasteiger partial charge in [-0.2, -0.15) is 0 Å². The Kier molecular flexibility index (Phi) is 8.20. The van der Waals surface area contributed by atoms with Gasteiger partial charge in [-0.25, -0.2) is 8.42 Å². The van der Waals surface area contributed by atoms with Gasteiger partial charge in [-0.3, -0.25) is 9.10 Å². The number of carbonyl (C=O) groups excluding carboxylic acids is 1. The molecule has 1 heterocycles. The third-order valence-electron chi connectivity index (χ3n) is 5.73. The first kappa shape index (κ1) is 24.9. The number of likely N-dealkylation sites (tertiary alicyclic amines) is 1. The number of benzene rings is 2. The largest absolute Gasteiger partial charge is 0.490 e. The lowest BCUT2D eigenvalue weighted by Crippen LogP contribution is -2.35. The van der Waals surface area contributed by atoms with Crippen molar-refractivity contribution in [1.82, 2.24) is 4.90 Å². The SMILES string of the molecule is CC[C@@H](Oc1ccc(N(C)S(C)(=O)=O)cc1)C(=O)Nc1ccc(OC2CCN(C)CC2)cc1. The zero-order valence-electron chi connectivity index (χ0n) is 19.7. The fraction of sp³-hybridized carbons (Fsp3) is 0.458. The van der Waals surface area contributed by atoms with Crippen LogP contribution in [-0.4, -0.2) is 64.9 Å². The van der Waals surface area contributed by atoms with Gasteiger partial charge in [0.15, 0.2) is 6.10 Å². The maximum atomic E-state index is 12.7. The molecule has 0 aromatic heterocycles. The molecule has 0 unspecified atom stereocenters. The maximum Gasteiger partial charge on any atom is 0.265 e. The molecule has 2 aromatic rings. The minimum Gasteiger partial charge on any atom is -0.490 e. The molecular weight excluding hydrogens is 442 g/mol. The summed E-state index contributed by atoms with van der Waals surface area (Å²) >= 11 is 0. The van der Waals surface area contributed by atoms with Crippen molar-refractivity contribution in [1.29, 1.82) is 0 Å². The summed E-state index contributed by atoms with van der Waals surface area (Å²) in [6.07, 6.45) is 3.18. The van der Waals surface area contributed by atoms with E-state index in [1.54, 1.807) is 24.3 Å². The highest BCUT2D eigenvalue weighted by Gasteiger charge is 2.20. The van der Waals surface area contributed by atoms with Crippen LogP contribution in [0.1, 0.15) is 26.2 Å².